The molecule has 0 saturated heterocycles. The summed E-state index contributed by atoms with van der Waals surface area (Å²) in [6.07, 6.45) is -3.35. The average molecular weight is 476 g/mol. The Morgan fingerprint density at radius 2 is 1.94 bits per heavy atom. The molecule has 1 atom stereocenters. The lowest BCUT2D eigenvalue weighted by Crippen LogP contribution is -2.28. The predicted molar refractivity (Wildman–Crippen MR) is 123 cm³/mol. The monoisotopic (exact) mass is 476 g/mol. The minimum absolute atomic E-state index is 0.000565. The van der Waals surface area contributed by atoms with Gasteiger partial charge in [-0.25, -0.2) is 18.2 Å². The van der Waals surface area contributed by atoms with Gasteiger partial charge in [0.2, 0.25) is 11.9 Å². The third-order valence-electron chi connectivity index (χ3n) is 5.36. The van der Waals surface area contributed by atoms with Gasteiger partial charge in [-0.05, 0) is 36.2 Å². The number of anilines is 1. The molecule has 2 aromatic carbocycles. The Labute approximate surface area is 195 Å². The van der Waals surface area contributed by atoms with Gasteiger partial charge in [0.05, 0.1) is 30.6 Å². The van der Waals surface area contributed by atoms with Crippen molar-refractivity contribution in [3.05, 3.63) is 59.2 Å². The Balaban J connectivity index is 1.92. The maximum absolute atomic E-state index is 14.1. The molecule has 0 aliphatic heterocycles. The van der Waals surface area contributed by atoms with Gasteiger partial charge >= 0.3 is 0 Å². The molecule has 182 valence electrons. The summed E-state index contributed by atoms with van der Waals surface area (Å²) >= 11 is 0. The van der Waals surface area contributed by atoms with E-state index in [1.807, 2.05) is 6.92 Å². The smallest absolute Gasteiger partial charge is 0.263 e. The largest absolute Gasteiger partial charge is 0.393 e. The van der Waals surface area contributed by atoms with Crippen LogP contribution in [0.5, 0.6) is 0 Å². The first kappa shape index (κ1) is 25.2. The minimum Gasteiger partial charge on any atom is -0.393 e. The van der Waals surface area contributed by atoms with Crippen LogP contribution in [0.2, 0.25) is 0 Å². The second kappa shape index (κ2) is 11.1. The molecule has 7 nitrogen and oxygen atoms in total. The van der Waals surface area contributed by atoms with Crippen LogP contribution >= 0.6 is 0 Å². The van der Waals surface area contributed by atoms with Crippen LogP contribution < -0.4 is 5.32 Å². The molecule has 34 heavy (non-hydrogen) atoms. The highest BCUT2D eigenvalue weighted by molar-refractivity contribution is 6.04. The van der Waals surface area contributed by atoms with Gasteiger partial charge in [-0.15, -0.1) is 0 Å². The summed E-state index contributed by atoms with van der Waals surface area (Å²) in [5, 5.41) is 11.7. The van der Waals surface area contributed by atoms with E-state index in [2.05, 4.69) is 10.3 Å². The van der Waals surface area contributed by atoms with Gasteiger partial charge in [-0.3, -0.25) is 14.9 Å². The highest BCUT2D eigenvalue weighted by atomic mass is 19.3. The average Bonchev–Trinajstić information content (AvgIpc) is 3.14. The van der Waals surface area contributed by atoms with Crippen molar-refractivity contribution in [1.29, 1.82) is 0 Å². The zero-order valence-electron chi connectivity index (χ0n) is 19.0. The molecule has 0 aliphatic rings. The van der Waals surface area contributed by atoms with E-state index in [0.717, 1.165) is 12.5 Å². The van der Waals surface area contributed by atoms with Crippen LogP contribution in [0.1, 0.15) is 41.3 Å². The number of benzene rings is 2. The number of hydrogen-bond donors (Lipinski definition) is 2. The first-order valence-electron chi connectivity index (χ1n) is 10.9. The quantitative estimate of drug-likeness (QED) is 0.464. The van der Waals surface area contributed by atoms with Crippen molar-refractivity contribution in [2.45, 2.75) is 38.9 Å². The number of imidazole rings is 1. The number of rotatable bonds is 10. The fourth-order valence-electron chi connectivity index (χ4n) is 3.58. The van der Waals surface area contributed by atoms with E-state index in [4.69, 9.17) is 5.11 Å². The van der Waals surface area contributed by atoms with Crippen LogP contribution in [0.4, 0.5) is 19.1 Å². The van der Waals surface area contributed by atoms with Crippen LogP contribution in [0.25, 0.3) is 11.0 Å². The molecule has 0 fully saturated rings. The van der Waals surface area contributed by atoms with Crippen LogP contribution in [0, 0.1) is 0 Å². The summed E-state index contributed by atoms with van der Waals surface area (Å²) in [4.78, 5) is 31.1. The lowest BCUT2D eigenvalue weighted by atomic mass is 10.1. The molecule has 2 N–H and O–H groups in total. The summed E-state index contributed by atoms with van der Waals surface area (Å²) in [6, 6.07) is 10.1. The molecule has 2 amide bonds. The Bertz CT molecular complexity index is 1170. The third-order valence-corrected chi connectivity index (χ3v) is 5.36. The summed E-state index contributed by atoms with van der Waals surface area (Å²) < 4.78 is 41.5. The van der Waals surface area contributed by atoms with Crippen molar-refractivity contribution in [2.75, 3.05) is 25.5 Å². The van der Waals surface area contributed by atoms with Crippen molar-refractivity contribution >= 4 is 28.8 Å². The molecule has 10 heteroatoms. The van der Waals surface area contributed by atoms with Crippen LogP contribution in [-0.2, 0) is 17.8 Å². The molecular formula is C24H27F3N4O3. The van der Waals surface area contributed by atoms with Gasteiger partial charge in [0.15, 0.2) is 0 Å². The zero-order chi connectivity index (χ0) is 24.8. The summed E-state index contributed by atoms with van der Waals surface area (Å²) in [6.45, 7) is 1.61. The van der Waals surface area contributed by atoms with Gasteiger partial charge < -0.3 is 14.6 Å². The lowest BCUT2D eigenvalue weighted by molar-refractivity contribution is -0.129. The Morgan fingerprint density at radius 3 is 2.62 bits per heavy atom. The van der Waals surface area contributed by atoms with Crippen LogP contribution in [-0.4, -0.2) is 57.7 Å². The van der Waals surface area contributed by atoms with Crippen molar-refractivity contribution < 1.29 is 27.9 Å². The minimum atomic E-state index is -2.73. The number of aliphatic hydroxyl groups excluding tert-OH is 1. The van der Waals surface area contributed by atoms with Gasteiger partial charge in [-0.1, -0.05) is 25.1 Å². The summed E-state index contributed by atoms with van der Waals surface area (Å²) in [5.41, 5.74) is 1.32. The second-order valence-electron chi connectivity index (χ2n) is 8.02. The number of halogens is 3. The maximum atomic E-state index is 14.1. The zero-order valence-corrected chi connectivity index (χ0v) is 19.0. The van der Waals surface area contributed by atoms with Crippen molar-refractivity contribution in [1.82, 2.24) is 14.5 Å². The molecule has 0 saturated carbocycles. The fraction of sp³-hybridized carbons (Fsp3) is 0.375. The van der Waals surface area contributed by atoms with E-state index in [1.165, 1.54) is 22.8 Å². The number of hydrogen-bond acceptors (Lipinski definition) is 4. The van der Waals surface area contributed by atoms with Crippen LogP contribution in [0.15, 0.2) is 42.5 Å². The Morgan fingerprint density at radius 1 is 1.18 bits per heavy atom. The number of nitrogens with one attached hydrogen (secondary N) is 1. The lowest BCUT2D eigenvalue weighted by Gasteiger charge is -2.16. The highest BCUT2D eigenvalue weighted by Gasteiger charge is 2.19. The SMILES string of the molecule is CCCN(C)C(=O)Cc1ccc2c(c1)nc(NC(=O)c1cccc(C(F)F)c1)n2CC(F)CO. The molecule has 1 aromatic heterocycles. The summed E-state index contributed by atoms with van der Waals surface area (Å²) in [7, 11) is 1.73. The normalized spacial score (nSPS) is 12.2. The van der Waals surface area contributed by atoms with Crippen molar-refractivity contribution in [3.8, 4) is 0 Å². The molecular weight excluding hydrogens is 449 g/mol. The maximum Gasteiger partial charge on any atom is 0.263 e. The van der Waals surface area contributed by atoms with Crippen LogP contribution in [0.3, 0.4) is 0 Å². The van der Waals surface area contributed by atoms with E-state index in [-0.39, 0.29) is 35.9 Å². The van der Waals surface area contributed by atoms with Gasteiger partial charge in [0.1, 0.15) is 6.17 Å². The van der Waals surface area contributed by atoms with E-state index in [0.29, 0.717) is 23.1 Å². The second-order valence-corrected chi connectivity index (χ2v) is 8.02. The molecule has 3 aromatic rings. The molecule has 1 heterocycles. The number of aromatic nitrogens is 2. The molecule has 0 radical (unpaired) electrons. The van der Waals surface area contributed by atoms with Gasteiger partial charge in [0, 0.05) is 24.7 Å². The van der Waals surface area contributed by atoms with Gasteiger partial charge in [0.25, 0.3) is 12.3 Å². The third kappa shape index (κ3) is 5.93. The number of carbonyl (C=O) groups excluding carboxylic acids is 2. The first-order chi connectivity index (χ1) is 16.2. The summed E-state index contributed by atoms with van der Waals surface area (Å²) in [5.74, 6) is -0.739. The number of aliphatic hydroxyl groups is 1. The highest BCUT2D eigenvalue weighted by Crippen LogP contribution is 2.24. The van der Waals surface area contributed by atoms with Crippen molar-refractivity contribution in [2.24, 2.45) is 0 Å². The van der Waals surface area contributed by atoms with E-state index in [1.54, 1.807) is 30.1 Å². The fourth-order valence-corrected chi connectivity index (χ4v) is 3.58. The number of carbonyl (C=O) groups is 2. The molecule has 3 rings (SSSR count). The standard InChI is InChI=1S/C24H27F3N4O3/c1-3-9-30(2)21(33)11-15-7-8-20-19(10-15)28-24(31(20)13-18(25)14-32)29-23(34)17-6-4-5-16(12-17)22(26)27/h4-8,10,12,18,22,32H,3,9,11,13-14H2,1-2H3,(H,28,29,34). The van der Waals surface area contributed by atoms with Gasteiger partial charge in [-0.2, -0.15) is 0 Å². The van der Waals surface area contributed by atoms with E-state index < -0.39 is 25.1 Å². The van der Waals surface area contributed by atoms with E-state index >= 15 is 0 Å². The molecule has 0 spiro atoms. The number of likely N-dealkylation sites (N-methyl/N-ethyl adjacent to an activating group) is 1. The Hall–Kier alpha value is -3.40. The molecule has 0 aliphatic carbocycles. The first-order valence-corrected chi connectivity index (χ1v) is 10.9. The number of nitrogens with zero attached hydrogens (tertiary/aromatic N) is 3. The molecule has 0 bridgehead atoms. The number of fused-ring (bicyclic) bond motifs is 1. The van der Waals surface area contributed by atoms with Crippen molar-refractivity contribution in [3.63, 3.8) is 0 Å². The number of alkyl halides is 3. The van der Waals surface area contributed by atoms with E-state index in [9.17, 15) is 22.8 Å². The predicted octanol–water partition coefficient (Wildman–Crippen LogP) is 3.97. The topological polar surface area (TPSA) is 87.5 Å². The number of amides is 2. The Kier molecular flexibility index (Phi) is 8.27. The molecule has 1 unspecified atom stereocenters.